The average molecular weight is 262 g/mol. The van der Waals surface area contributed by atoms with Crippen molar-refractivity contribution < 1.29 is 9.53 Å². The number of hydrogen-bond acceptors (Lipinski definition) is 3. The van der Waals surface area contributed by atoms with E-state index in [-0.39, 0.29) is 5.91 Å². The Bertz CT molecular complexity index is 426. The van der Waals surface area contributed by atoms with E-state index in [0.29, 0.717) is 5.92 Å². The zero-order valence-corrected chi connectivity index (χ0v) is 11.7. The minimum atomic E-state index is 0.0321. The molecule has 1 aromatic carbocycles. The van der Waals surface area contributed by atoms with E-state index in [1.165, 1.54) is 6.42 Å². The van der Waals surface area contributed by atoms with Gasteiger partial charge in [-0.1, -0.05) is 6.07 Å². The van der Waals surface area contributed by atoms with Crippen molar-refractivity contribution in [2.45, 2.75) is 12.8 Å². The van der Waals surface area contributed by atoms with E-state index >= 15 is 0 Å². The number of carbonyl (C=O) groups excluding carboxylic acids is 1. The molecule has 1 atom stereocenters. The summed E-state index contributed by atoms with van der Waals surface area (Å²) in [5.41, 5.74) is 1.72. The van der Waals surface area contributed by atoms with Crippen molar-refractivity contribution >= 4 is 11.6 Å². The fourth-order valence-electron chi connectivity index (χ4n) is 2.25. The number of anilines is 1. The van der Waals surface area contributed by atoms with Crippen LogP contribution in [0.1, 0.15) is 23.2 Å². The summed E-state index contributed by atoms with van der Waals surface area (Å²) in [5, 5.41) is 3.40. The summed E-state index contributed by atoms with van der Waals surface area (Å²) in [5.74, 6) is 0.603. The molecule has 2 rings (SSSR count). The Morgan fingerprint density at radius 1 is 1.47 bits per heavy atom. The maximum Gasteiger partial charge on any atom is 0.253 e. The van der Waals surface area contributed by atoms with Crippen LogP contribution in [0, 0.1) is 5.92 Å². The van der Waals surface area contributed by atoms with E-state index in [1.807, 2.05) is 24.3 Å². The number of carbonyl (C=O) groups is 1. The summed E-state index contributed by atoms with van der Waals surface area (Å²) < 4.78 is 5.46. The predicted octanol–water partition coefficient (Wildman–Crippen LogP) is 2.23. The molecular formula is C15H22N2O2. The van der Waals surface area contributed by atoms with E-state index in [0.717, 1.165) is 37.4 Å². The van der Waals surface area contributed by atoms with Gasteiger partial charge in [0.25, 0.3) is 5.91 Å². The van der Waals surface area contributed by atoms with Crippen molar-refractivity contribution in [3.63, 3.8) is 0 Å². The normalized spacial score (nSPS) is 18.9. The monoisotopic (exact) mass is 262 g/mol. The molecule has 19 heavy (non-hydrogen) atoms. The van der Waals surface area contributed by atoms with E-state index in [1.54, 1.807) is 19.0 Å². The Kier molecular flexibility index (Phi) is 4.80. The molecule has 0 saturated carbocycles. The summed E-state index contributed by atoms with van der Waals surface area (Å²) in [4.78, 5) is 13.5. The maximum atomic E-state index is 11.9. The molecule has 0 aliphatic carbocycles. The van der Waals surface area contributed by atoms with Crippen LogP contribution in [-0.4, -0.2) is 44.7 Å². The number of benzene rings is 1. The third kappa shape index (κ3) is 3.96. The second-order valence-corrected chi connectivity index (χ2v) is 5.24. The number of amides is 1. The van der Waals surface area contributed by atoms with E-state index in [9.17, 15) is 4.79 Å². The molecule has 4 heteroatoms. The Hall–Kier alpha value is -1.55. The Morgan fingerprint density at radius 3 is 3.00 bits per heavy atom. The van der Waals surface area contributed by atoms with Gasteiger partial charge in [0, 0.05) is 38.5 Å². The van der Waals surface area contributed by atoms with Crippen molar-refractivity contribution in [1.82, 2.24) is 4.90 Å². The van der Waals surface area contributed by atoms with Gasteiger partial charge in [-0.3, -0.25) is 4.79 Å². The largest absolute Gasteiger partial charge is 0.385 e. The molecule has 1 amide bonds. The average Bonchev–Trinajstić information content (AvgIpc) is 2.45. The highest BCUT2D eigenvalue weighted by Gasteiger charge is 2.14. The van der Waals surface area contributed by atoms with Crippen LogP contribution < -0.4 is 5.32 Å². The molecular weight excluding hydrogens is 240 g/mol. The first-order valence-electron chi connectivity index (χ1n) is 6.80. The van der Waals surface area contributed by atoms with Gasteiger partial charge in [0.1, 0.15) is 0 Å². The summed E-state index contributed by atoms with van der Waals surface area (Å²) in [6, 6.07) is 7.66. The van der Waals surface area contributed by atoms with Gasteiger partial charge in [0.15, 0.2) is 0 Å². The van der Waals surface area contributed by atoms with Gasteiger partial charge < -0.3 is 15.0 Å². The number of rotatable bonds is 4. The Morgan fingerprint density at radius 2 is 2.32 bits per heavy atom. The molecule has 1 aliphatic rings. The van der Waals surface area contributed by atoms with Gasteiger partial charge in [0.2, 0.25) is 0 Å². The molecule has 1 aromatic rings. The van der Waals surface area contributed by atoms with Gasteiger partial charge in [-0.25, -0.2) is 0 Å². The van der Waals surface area contributed by atoms with Crippen molar-refractivity contribution in [2.75, 3.05) is 39.2 Å². The topological polar surface area (TPSA) is 41.6 Å². The first kappa shape index (κ1) is 13.9. The van der Waals surface area contributed by atoms with Crippen molar-refractivity contribution in [3.8, 4) is 0 Å². The van der Waals surface area contributed by atoms with Crippen LogP contribution >= 0.6 is 0 Å². The van der Waals surface area contributed by atoms with Crippen LogP contribution in [0.5, 0.6) is 0 Å². The first-order chi connectivity index (χ1) is 9.16. The molecule has 1 saturated heterocycles. The molecule has 1 unspecified atom stereocenters. The lowest BCUT2D eigenvalue weighted by atomic mass is 10.0. The molecule has 4 nitrogen and oxygen atoms in total. The third-order valence-corrected chi connectivity index (χ3v) is 3.37. The zero-order valence-electron chi connectivity index (χ0n) is 11.7. The summed E-state index contributed by atoms with van der Waals surface area (Å²) in [6.07, 6.45) is 2.36. The lowest BCUT2D eigenvalue weighted by Gasteiger charge is -2.22. The molecule has 1 fully saturated rings. The SMILES string of the molecule is CN(C)C(=O)c1cccc(NCC2CCCOC2)c1. The lowest BCUT2D eigenvalue weighted by molar-refractivity contribution is 0.0595. The van der Waals surface area contributed by atoms with Gasteiger partial charge in [-0.15, -0.1) is 0 Å². The highest BCUT2D eigenvalue weighted by molar-refractivity contribution is 5.94. The highest BCUT2D eigenvalue weighted by Crippen LogP contribution is 2.16. The quantitative estimate of drug-likeness (QED) is 0.904. The molecule has 104 valence electrons. The fraction of sp³-hybridized carbons (Fsp3) is 0.533. The van der Waals surface area contributed by atoms with E-state index < -0.39 is 0 Å². The zero-order chi connectivity index (χ0) is 13.7. The smallest absolute Gasteiger partial charge is 0.253 e. The summed E-state index contributed by atoms with van der Waals surface area (Å²) in [6.45, 7) is 2.63. The molecule has 1 N–H and O–H groups in total. The molecule has 0 aromatic heterocycles. The van der Waals surface area contributed by atoms with E-state index in [2.05, 4.69) is 5.32 Å². The predicted molar refractivity (Wildman–Crippen MR) is 76.5 cm³/mol. The number of nitrogens with one attached hydrogen (secondary N) is 1. The molecule has 0 spiro atoms. The van der Waals surface area contributed by atoms with Crippen LogP contribution in [0.15, 0.2) is 24.3 Å². The summed E-state index contributed by atoms with van der Waals surface area (Å²) in [7, 11) is 3.53. The Balaban J connectivity index is 1.93. The van der Waals surface area contributed by atoms with Crippen LogP contribution in [0.25, 0.3) is 0 Å². The van der Waals surface area contributed by atoms with Crippen molar-refractivity contribution in [3.05, 3.63) is 29.8 Å². The minimum absolute atomic E-state index is 0.0321. The van der Waals surface area contributed by atoms with E-state index in [4.69, 9.17) is 4.74 Å². The van der Waals surface area contributed by atoms with Crippen LogP contribution in [-0.2, 0) is 4.74 Å². The number of ether oxygens (including phenoxy) is 1. The van der Waals surface area contributed by atoms with Crippen molar-refractivity contribution in [1.29, 1.82) is 0 Å². The second kappa shape index (κ2) is 6.57. The van der Waals surface area contributed by atoms with Gasteiger partial charge in [-0.2, -0.15) is 0 Å². The Labute approximate surface area is 114 Å². The lowest BCUT2D eigenvalue weighted by Crippen LogP contribution is -2.24. The van der Waals surface area contributed by atoms with Crippen LogP contribution in [0.3, 0.4) is 0 Å². The van der Waals surface area contributed by atoms with Crippen LogP contribution in [0.4, 0.5) is 5.69 Å². The standard InChI is InChI=1S/C15H22N2O2/c1-17(2)15(18)13-6-3-7-14(9-13)16-10-12-5-4-8-19-11-12/h3,6-7,9,12,16H,4-5,8,10-11H2,1-2H3. The van der Waals surface area contributed by atoms with Gasteiger partial charge >= 0.3 is 0 Å². The first-order valence-corrected chi connectivity index (χ1v) is 6.80. The van der Waals surface area contributed by atoms with Crippen LogP contribution in [0.2, 0.25) is 0 Å². The molecule has 0 radical (unpaired) electrons. The second-order valence-electron chi connectivity index (χ2n) is 5.24. The third-order valence-electron chi connectivity index (χ3n) is 3.37. The number of nitrogens with zero attached hydrogens (tertiary/aromatic N) is 1. The van der Waals surface area contributed by atoms with Gasteiger partial charge in [-0.05, 0) is 37.0 Å². The minimum Gasteiger partial charge on any atom is -0.385 e. The molecule has 0 bridgehead atoms. The van der Waals surface area contributed by atoms with Gasteiger partial charge in [0.05, 0.1) is 6.61 Å². The maximum absolute atomic E-state index is 11.9. The highest BCUT2D eigenvalue weighted by atomic mass is 16.5. The molecule has 1 heterocycles. The molecule has 1 aliphatic heterocycles. The fourth-order valence-corrected chi connectivity index (χ4v) is 2.25. The summed E-state index contributed by atoms with van der Waals surface area (Å²) >= 11 is 0. The number of hydrogen-bond donors (Lipinski definition) is 1. The van der Waals surface area contributed by atoms with Crippen molar-refractivity contribution in [2.24, 2.45) is 5.92 Å².